The third kappa shape index (κ3) is 3.69. The summed E-state index contributed by atoms with van der Waals surface area (Å²) < 4.78 is 0. The summed E-state index contributed by atoms with van der Waals surface area (Å²) in [4.78, 5) is 25.2. The molecule has 1 amide bonds. The number of rotatable bonds is 4. The quantitative estimate of drug-likeness (QED) is 0.920. The molecule has 4 nitrogen and oxygen atoms in total. The normalized spacial score (nSPS) is 21.3. The van der Waals surface area contributed by atoms with Gasteiger partial charge in [0.2, 0.25) is 5.91 Å². The van der Waals surface area contributed by atoms with Gasteiger partial charge < -0.3 is 10.0 Å². The summed E-state index contributed by atoms with van der Waals surface area (Å²) in [5.41, 5.74) is 0.866. The van der Waals surface area contributed by atoms with E-state index in [1.54, 1.807) is 30.1 Å². The van der Waals surface area contributed by atoms with E-state index >= 15 is 0 Å². The number of hydrogen-bond donors (Lipinski definition) is 1. The molecule has 1 aromatic carbocycles. The van der Waals surface area contributed by atoms with E-state index in [4.69, 9.17) is 28.3 Å². The zero-order valence-corrected chi connectivity index (χ0v) is 13.2. The minimum absolute atomic E-state index is 0.119. The predicted molar refractivity (Wildman–Crippen MR) is 81.4 cm³/mol. The first-order chi connectivity index (χ1) is 9.90. The van der Waals surface area contributed by atoms with Crippen LogP contribution in [0.15, 0.2) is 18.2 Å². The van der Waals surface area contributed by atoms with Crippen LogP contribution < -0.4 is 0 Å². The number of carboxylic acid groups (broad SMARTS) is 1. The molecule has 1 saturated carbocycles. The Bertz CT molecular complexity index is 562. The van der Waals surface area contributed by atoms with Crippen LogP contribution in [0.5, 0.6) is 0 Å². The molecule has 1 N–H and O–H groups in total. The molecule has 1 fully saturated rings. The Morgan fingerprint density at radius 3 is 2.52 bits per heavy atom. The average molecular weight is 330 g/mol. The van der Waals surface area contributed by atoms with Gasteiger partial charge in [0.05, 0.1) is 21.9 Å². The number of nitrogens with zero attached hydrogens (tertiary/aromatic N) is 1. The lowest BCUT2D eigenvalue weighted by Gasteiger charge is -2.23. The van der Waals surface area contributed by atoms with Gasteiger partial charge in [-0.05, 0) is 30.5 Å². The van der Waals surface area contributed by atoms with Crippen LogP contribution in [0.25, 0.3) is 0 Å². The molecule has 2 rings (SSSR count). The Kier molecular flexibility index (Phi) is 5.12. The van der Waals surface area contributed by atoms with E-state index in [0.717, 1.165) is 12.0 Å². The van der Waals surface area contributed by atoms with Crippen LogP contribution in [-0.4, -0.2) is 28.9 Å². The van der Waals surface area contributed by atoms with Crippen LogP contribution in [0.1, 0.15) is 24.8 Å². The molecular formula is C15H17Cl2NO3. The van der Waals surface area contributed by atoms with E-state index in [2.05, 4.69) is 0 Å². The van der Waals surface area contributed by atoms with Gasteiger partial charge in [-0.25, -0.2) is 0 Å². The fourth-order valence-corrected chi connectivity index (χ4v) is 3.14. The topological polar surface area (TPSA) is 57.6 Å². The van der Waals surface area contributed by atoms with E-state index in [1.807, 2.05) is 0 Å². The highest BCUT2D eigenvalue weighted by Gasteiger charge is 2.38. The number of hydrogen-bond acceptors (Lipinski definition) is 2. The fourth-order valence-electron chi connectivity index (χ4n) is 2.82. The molecule has 114 valence electrons. The molecule has 6 heteroatoms. The van der Waals surface area contributed by atoms with Crippen molar-refractivity contribution in [3.05, 3.63) is 33.8 Å². The van der Waals surface area contributed by atoms with Gasteiger partial charge >= 0.3 is 5.97 Å². The van der Waals surface area contributed by atoms with Gasteiger partial charge in [-0.15, -0.1) is 0 Å². The predicted octanol–water partition coefficient (Wildman–Crippen LogP) is 3.45. The van der Waals surface area contributed by atoms with Gasteiger partial charge in [0, 0.05) is 13.6 Å². The first-order valence-corrected chi connectivity index (χ1v) is 7.57. The number of aliphatic carboxylic acids is 1. The van der Waals surface area contributed by atoms with Crippen molar-refractivity contribution in [2.75, 3.05) is 7.05 Å². The second kappa shape index (κ2) is 6.67. The van der Waals surface area contributed by atoms with Crippen molar-refractivity contribution >= 4 is 35.1 Å². The number of carboxylic acids is 1. The number of carbonyl (C=O) groups is 2. The van der Waals surface area contributed by atoms with Crippen LogP contribution in [-0.2, 0) is 16.1 Å². The summed E-state index contributed by atoms with van der Waals surface area (Å²) in [5.74, 6) is -1.98. The smallest absolute Gasteiger partial charge is 0.307 e. The zero-order chi connectivity index (χ0) is 15.6. The molecule has 1 aliphatic carbocycles. The summed E-state index contributed by atoms with van der Waals surface area (Å²) in [6.07, 6.45) is 2.00. The third-order valence-electron chi connectivity index (χ3n) is 3.93. The lowest BCUT2D eigenvalue weighted by Crippen LogP contribution is -2.36. The summed E-state index contributed by atoms with van der Waals surface area (Å²) in [5, 5.41) is 10.1. The molecule has 0 saturated heterocycles. The summed E-state index contributed by atoms with van der Waals surface area (Å²) in [6, 6.07) is 5.21. The summed E-state index contributed by atoms with van der Waals surface area (Å²) >= 11 is 11.8. The molecule has 0 aromatic heterocycles. The first kappa shape index (κ1) is 16.1. The Morgan fingerprint density at radius 1 is 1.24 bits per heavy atom. The SMILES string of the molecule is CN(Cc1ccc(Cl)c(Cl)c1)C(=O)C1CCCC1C(=O)O. The number of carbonyl (C=O) groups excluding carboxylic acids is 1. The monoisotopic (exact) mass is 329 g/mol. The van der Waals surface area contributed by atoms with Gasteiger partial charge in [0.1, 0.15) is 0 Å². The van der Waals surface area contributed by atoms with Gasteiger partial charge in [0.25, 0.3) is 0 Å². The molecule has 1 aromatic rings. The molecular weight excluding hydrogens is 313 g/mol. The Balaban J connectivity index is 2.05. The molecule has 2 atom stereocenters. The van der Waals surface area contributed by atoms with E-state index in [0.29, 0.717) is 29.4 Å². The van der Waals surface area contributed by atoms with Gasteiger partial charge in [-0.1, -0.05) is 35.7 Å². The minimum Gasteiger partial charge on any atom is -0.481 e. The maximum atomic E-state index is 12.4. The lowest BCUT2D eigenvalue weighted by molar-refractivity contribution is -0.148. The average Bonchev–Trinajstić information content (AvgIpc) is 2.91. The van der Waals surface area contributed by atoms with E-state index in [1.165, 1.54) is 0 Å². The van der Waals surface area contributed by atoms with Crippen molar-refractivity contribution in [3.8, 4) is 0 Å². The lowest BCUT2D eigenvalue weighted by atomic mass is 9.95. The Hall–Kier alpha value is -1.26. The van der Waals surface area contributed by atoms with Crippen LogP contribution in [0, 0.1) is 11.8 Å². The maximum absolute atomic E-state index is 12.4. The van der Waals surface area contributed by atoms with Gasteiger partial charge in [-0.3, -0.25) is 9.59 Å². The molecule has 1 aliphatic rings. The molecule has 2 unspecified atom stereocenters. The second-order valence-electron chi connectivity index (χ2n) is 5.42. The number of halogens is 2. The van der Waals surface area contributed by atoms with E-state index < -0.39 is 17.8 Å². The van der Waals surface area contributed by atoms with Crippen molar-refractivity contribution < 1.29 is 14.7 Å². The van der Waals surface area contributed by atoms with Crippen LogP contribution in [0.2, 0.25) is 10.0 Å². The maximum Gasteiger partial charge on any atom is 0.307 e. The first-order valence-electron chi connectivity index (χ1n) is 6.82. The van der Waals surface area contributed by atoms with E-state index in [-0.39, 0.29) is 5.91 Å². The van der Waals surface area contributed by atoms with Crippen molar-refractivity contribution in [2.24, 2.45) is 11.8 Å². The van der Waals surface area contributed by atoms with Crippen LogP contribution in [0.4, 0.5) is 0 Å². The van der Waals surface area contributed by atoms with Gasteiger partial charge in [-0.2, -0.15) is 0 Å². The number of benzene rings is 1. The molecule has 0 radical (unpaired) electrons. The minimum atomic E-state index is -0.881. The van der Waals surface area contributed by atoms with Crippen LogP contribution >= 0.6 is 23.2 Å². The largest absolute Gasteiger partial charge is 0.481 e. The second-order valence-corrected chi connectivity index (χ2v) is 6.24. The van der Waals surface area contributed by atoms with Crippen LogP contribution in [0.3, 0.4) is 0 Å². The molecule has 21 heavy (non-hydrogen) atoms. The molecule has 0 aliphatic heterocycles. The highest BCUT2D eigenvalue weighted by atomic mass is 35.5. The molecule has 0 bridgehead atoms. The standard InChI is InChI=1S/C15H17Cl2NO3/c1-18(8-9-5-6-12(16)13(17)7-9)14(19)10-3-2-4-11(10)15(20)21/h5-7,10-11H,2-4,8H2,1H3,(H,20,21). The van der Waals surface area contributed by atoms with E-state index in [9.17, 15) is 9.59 Å². The van der Waals surface area contributed by atoms with Gasteiger partial charge in [0.15, 0.2) is 0 Å². The Labute approximate surface area is 133 Å². The highest BCUT2D eigenvalue weighted by Crippen LogP contribution is 2.33. The fraction of sp³-hybridized carbons (Fsp3) is 0.467. The number of amides is 1. The van der Waals surface area contributed by atoms with Crippen molar-refractivity contribution in [1.29, 1.82) is 0 Å². The molecule has 0 heterocycles. The highest BCUT2D eigenvalue weighted by molar-refractivity contribution is 6.42. The summed E-state index contributed by atoms with van der Waals surface area (Å²) in [7, 11) is 1.68. The van der Waals surface area contributed by atoms with Crippen molar-refractivity contribution in [1.82, 2.24) is 4.90 Å². The third-order valence-corrected chi connectivity index (χ3v) is 4.67. The zero-order valence-electron chi connectivity index (χ0n) is 11.7. The Morgan fingerprint density at radius 2 is 1.90 bits per heavy atom. The van der Waals surface area contributed by atoms with Crippen molar-refractivity contribution in [2.45, 2.75) is 25.8 Å². The molecule has 0 spiro atoms. The summed E-state index contributed by atoms with van der Waals surface area (Å²) in [6.45, 7) is 0.387. The van der Waals surface area contributed by atoms with Crippen molar-refractivity contribution in [3.63, 3.8) is 0 Å².